The van der Waals surface area contributed by atoms with Gasteiger partial charge < -0.3 is 15.1 Å². The lowest BCUT2D eigenvalue weighted by molar-refractivity contribution is -0.119. The van der Waals surface area contributed by atoms with Crippen molar-refractivity contribution in [2.75, 3.05) is 26.2 Å². The van der Waals surface area contributed by atoms with Gasteiger partial charge in [0.15, 0.2) is 0 Å². The van der Waals surface area contributed by atoms with Crippen LogP contribution >= 0.6 is 0 Å². The monoisotopic (exact) mass is 277 g/mol. The molecule has 5 nitrogen and oxygen atoms in total. The summed E-state index contributed by atoms with van der Waals surface area (Å²) in [6, 6.07) is 6.07. The molecule has 0 spiro atoms. The Morgan fingerprint density at radius 3 is 2.55 bits per heavy atom. The molecule has 1 fully saturated rings. The summed E-state index contributed by atoms with van der Waals surface area (Å²) in [6.07, 6.45) is 3.72. The number of piperazine rings is 1. The van der Waals surface area contributed by atoms with Gasteiger partial charge in [0.25, 0.3) is 0 Å². The molecular weight excluding hydrogens is 261 g/mol. The van der Waals surface area contributed by atoms with E-state index < -0.39 is 0 Å². The number of carbonyl (C=O) groups excluding carboxylic acids is 2. The maximum Gasteiger partial charge on any atom is 0.321 e. The van der Waals surface area contributed by atoms with Crippen LogP contribution in [0, 0.1) is 5.82 Å². The fraction of sp³-hybridized carbons (Fsp3) is 0.286. The molecule has 6 heteroatoms. The Bertz CT molecular complexity index is 511. The normalized spacial score (nSPS) is 15.4. The highest BCUT2D eigenvalue weighted by Gasteiger charge is 2.18. The average Bonchev–Trinajstić information content (AvgIpc) is 2.49. The molecule has 0 aromatic heterocycles. The van der Waals surface area contributed by atoms with Crippen molar-refractivity contribution in [1.82, 2.24) is 15.1 Å². The van der Waals surface area contributed by atoms with E-state index in [1.807, 2.05) is 0 Å². The van der Waals surface area contributed by atoms with Crippen molar-refractivity contribution in [2.45, 2.75) is 0 Å². The van der Waals surface area contributed by atoms with Crippen LogP contribution in [0.5, 0.6) is 0 Å². The summed E-state index contributed by atoms with van der Waals surface area (Å²) in [6.45, 7) is 2.07. The van der Waals surface area contributed by atoms with Crippen LogP contribution in [0.25, 0.3) is 6.08 Å². The van der Waals surface area contributed by atoms with Crippen LogP contribution in [-0.4, -0.2) is 48.4 Å². The molecule has 0 unspecified atom stereocenters. The van der Waals surface area contributed by atoms with E-state index in [-0.39, 0.29) is 11.8 Å². The number of nitrogens with one attached hydrogen (secondary N) is 1. The lowest BCUT2D eigenvalue weighted by Gasteiger charge is -2.32. The molecule has 3 amide bonds. The Hall–Kier alpha value is -2.37. The minimum absolute atomic E-state index is 0.247. The molecule has 106 valence electrons. The second-order valence-corrected chi connectivity index (χ2v) is 4.43. The number of nitrogens with zero attached hydrogens (tertiary/aromatic N) is 2. The van der Waals surface area contributed by atoms with Crippen LogP contribution in [0.15, 0.2) is 30.5 Å². The molecule has 2 rings (SSSR count). The molecule has 0 aliphatic carbocycles. The number of benzene rings is 1. The first-order valence-electron chi connectivity index (χ1n) is 6.36. The Labute approximate surface area is 116 Å². The maximum atomic E-state index is 13.3. The standard InChI is InChI=1S/C14H16FN3O2/c15-13-4-2-1-3-12(13)5-6-16-14(20)18-9-7-17(11-19)8-10-18/h1-6,11H,7-10H2,(H,16,20)/b6-5+. The summed E-state index contributed by atoms with van der Waals surface area (Å²) < 4.78 is 13.3. The minimum Gasteiger partial charge on any atom is -0.342 e. The second kappa shape index (κ2) is 6.70. The van der Waals surface area contributed by atoms with Gasteiger partial charge in [-0.15, -0.1) is 0 Å². The summed E-state index contributed by atoms with van der Waals surface area (Å²) in [5.74, 6) is -0.336. The van der Waals surface area contributed by atoms with Gasteiger partial charge in [-0.05, 0) is 12.1 Å². The van der Waals surface area contributed by atoms with Gasteiger partial charge in [-0.25, -0.2) is 9.18 Å². The number of rotatable bonds is 3. The van der Waals surface area contributed by atoms with Crippen molar-refractivity contribution in [3.8, 4) is 0 Å². The molecule has 1 saturated heterocycles. The van der Waals surface area contributed by atoms with E-state index in [0.29, 0.717) is 31.7 Å². The molecule has 1 aliphatic heterocycles. The molecule has 20 heavy (non-hydrogen) atoms. The Morgan fingerprint density at radius 1 is 1.20 bits per heavy atom. The zero-order valence-corrected chi connectivity index (χ0v) is 11.0. The first kappa shape index (κ1) is 14.0. The number of hydrogen-bond acceptors (Lipinski definition) is 2. The van der Waals surface area contributed by atoms with E-state index in [0.717, 1.165) is 6.41 Å². The van der Waals surface area contributed by atoms with Crippen molar-refractivity contribution < 1.29 is 14.0 Å². The smallest absolute Gasteiger partial charge is 0.321 e. The average molecular weight is 277 g/mol. The fourth-order valence-electron chi connectivity index (χ4n) is 1.93. The summed E-state index contributed by atoms with van der Waals surface area (Å²) in [4.78, 5) is 25.6. The van der Waals surface area contributed by atoms with Crippen LogP contribution in [0.1, 0.15) is 5.56 Å². The maximum absolute atomic E-state index is 13.3. The third kappa shape index (κ3) is 3.57. The van der Waals surface area contributed by atoms with Crippen molar-refractivity contribution in [3.63, 3.8) is 0 Å². The minimum atomic E-state index is -0.336. The van der Waals surface area contributed by atoms with Crippen LogP contribution in [0.3, 0.4) is 0 Å². The quantitative estimate of drug-likeness (QED) is 0.846. The van der Waals surface area contributed by atoms with E-state index in [1.165, 1.54) is 18.3 Å². The van der Waals surface area contributed by atoms with E-state index in [2.05, 4.69) is 5.32 Å². The van der Waals surface area contributed by atoms with Crippen molar-refractivity contribution in [3.05, 3.63) is 41.8 Å². The number of amides is 3. The first-order chi connectivity index (χ1) is 9.70. The van der Waals surface area contributed by atoms with Gasteiger partial charge in [-0.1, -0.05) is 18.2 Å². The molecular formula is C14H16FN3O2. The fourth-order valence-corrected chi connectivity index (χ4v) is 1.93. The zero-order valence-electron chi connectivity index (χ0n) is 11.0. The van der Waals surface area contributed by atoms with Gasteiger partial charge in [0.05, 0.1) is 0 Å². The van der Waals surface area contributed by atoms with Crippen molar-refractivity contribution >= 4 is 18.5 Å². The lowest BCUT2D eigenvalue weighted by atomic mass is 10.2. The van der Waals surface area contributed by atoms with E-state index in [4.69, 9.17) is 0 Å². The summed E-state index contributed by atoms with van der Waals surface area (Å²) in [7, 11) is 0. The summed E-state index contributed by atoms with van der Waals surface area (Å²) in [5.41, 5.74) is 0.415. The number of urea groups is 1. The van der Waals surface area contributed by atoms with Gasteiger partial charge in [0, 0.05) is 37.9 Å². The van der Waals surface area contributed by atoms with Crippen LogP contribution < -0.4 is 5.32 Å². The van der Waals surface area contributed by atoms with E-state index >= 15 is 0 Å². The van der Waals surface area contributed by atoms with Gasteiger partial charge in [-0.3, -0.25) is 4.79 Å². The predicted molar refractivity (Wildman–Crippen MR) is 73.2 cm³/mol. The van der Waals surface area contributed by atoms with Crippen LogP contribution in [0.4, 0.5) is 9.18 Å². The molecule has 0 atom stereocenters. The van der Waals surface area contributed by atoms with Gasteiger partial charge in [0.1, 0.15) is 5.82 Å². The van der Waals surface area contributed by atoms with Gasteiger partial charge in [0.2, 0.25) is 6.41 Å². The van der Waals surface area contributed by atoms with Gasteiger partial charge in [-0.2, -0.15) is 0 Å². The molecule has 0 bridgehead atoms. The third-order valence-electron chi connectivity index (χ3n) is 3.13. The van der Waals surface area contributed by atoms with E-state index in [9.17, 15) is 14.0 Å². The predicted octanol–water partition coefficient (Wildman–Crippen LogP) is 1.28. The molecule has 1 aromatic carbocycles. The number of halogens is 1. The Kier molecular flexibility index (Phi) is 4.70. The molecule has 1 aromatic rings. The molecule has 1 N–H and O–H groups in total. The molecule has 1 aliphatic rings. The second-order valence-electron chi connectivity index (χ2n) is 4.43. The topological polar surface area (TPSA) is 52.7 Å². The molecule has 0 saturated carbocycles. The SMILES string of the molecule is O=CN1CCN(C(=O)N/C=C/c2ccccc2F)CC1. The highest BCUT2D eigenvalue weighted by molar-refractivity contribution is 5.76. The number of carbonyl (C=O) groups is 2. The highest BCUT2D eigenvalue weighted by Crippen LogP contribution is 2.07. The zero-order chi connectivity index (χ0) is 14.4. The van der Waals surface area contributed by atoms with Crippen molar-refractivity contribution in [2.24, 2.45) is 0 Å². The van der Waals surface area contributed by atoms with Crippen LogP contribution in [-0.2, 0) is 4.79 Å². The summed E-state index contributed by atoms with van der Waals surface area (Å²) >= 11 is 0. The largest absolute Gasteiger partial charge is 0.342 e. The molecule has 0 radical (unpaired) electrons. The first-order valence-corrected chi connectivity index (χ1v) is 6.36. The van der Waals surface area contributed by atoms with Crippen molar-refractivity contribution in [1.29, 1.82) is 0 Å². The van der Waals surface area contributed by atoms with E-state index in [1.54, 1.807) is 28.0 Å². The highest BCUT2D eigenvalue weighted by atomic mass is 19.1. The summed E-state index contributed by atoms with van der Waals surface area (Å²) in [5, 5.41) is 2.59. The van der Waals surface area contributed by atoms with Crippen LogP contribution in [0.2, 0.25) is 0 Å². The number of hydrogen-bond donors (Lipinski definition) is 1. The Morgan fingerprint density at radius 2 is 1.90 bits per heavy atom. The lowest BCUT2D eigenvalue weighted by Crippen LogP contribution is -2.50. The molecule has 1 heterocycles. The third-order valence-corrected chi connectivity index (χ3v) is 3.13. The Balaban J connectivity index is 1.84. The van der Waals surface area contributed by atoms with Gasteiger partial charge >= 0.3 is 6.03 Å².